The van der Waals surface area contributed by atoms with Crippen LogP contribution in [0.1, 0.15) is 16.2 Å². The monoisotopic (exact) mass is 268 g/mol. The second kappa shape index (κ2) is 5.39. The number of carboxylic acids is 1. The average molecular weight is 268 g/mol. The van der Waals surface area contributed by atoms with E-state index in [0.29, 0.717) is 19.6 Å². The van der Waals surface area contributed by atoms with Gasteiger partial charge in [0.15, 0.2) is 0 Å². The van der Waals surface area contributed by atoms with Gasteiger partial charge in [-0.3, -0.25) is 4.79 Å². The third kappa shape index (κ3) is 3.22. The van der Waals surface area contributed by atoms with E-state index in [0.717, 1.165) is 4.88 Å². The van der Waals surface area contributed by atoms with E-state index < -0.39 is 5.97 Å². The number of carbonyl (C=O) groups is 2. The number of hydrogen-bond donors (Lipinski definition) is 2. The van der Waals surface area contributed by atoms with Crippen LogP contribution in [0.4, 0.5) is 4.79 Å². The normalized spacial score (nSPS) is 15.3. The Hall–Kier alpha value is -1.56. The van der Waals surface area contributed by atoms with Crippen molar-refractivity contribution in [3.05, 3.63) is 21.9 Å². The number of likely N-dealkylation sites (tertiary alicyclic amines) is 1. The molecule has 1 aliphatic rings. The van der Waals surface area contributed by atoms with E-state index in [2.05, 4.69) is 5.32 Å². The molecule has 2 rings (SSSR count). The van der Waals surface area contributed by atoms with Gasteiger partial charge in [0.2, 0.25) is 0 Å². The summed E-state index contributed by atoms with van der Waals surface area (Å²) in [5, 5.41) is 11.4. The molecular formula is C12H16N2O3S. The number of urea groups is 1. The van der Waals surface area contributed by atoms with E-state index in [1.165, 1.54) is 4.88 Å². The molecule has 1 fully saturated rings. The molecule has 0 aliphatic carbocycles. The number of carboxylic acid groups (broad SMARTS) is 1. The minimum Gasteiger partial charge on any atom is -0.481 e. The minimum atomic E-state index is -0.797. The zero-order chi connectivity index (χ0) is 13.1. The topological polar surface area (TPSA) is 69.6 Å². The SMILES string of the molecule is Cc1ccc(CNC(=O)N2CC(CC(=O)O)C2)s1. The first kappa shape index (κ1) is 12.9. The van der Waals surface area contributed by atoms with Gasteiger partial charge in [-0.15, -0.1) is 11.3 Å². The van der Waals surface area contributed by atoms with Crippen LogP contribution in [0, 0.1) is 12.8 Å². The van der Waals surface area contributed by atoms with E-state index >= 15 is 0 Å². The van der Waals surface area contributed by atoms with Crippen molar-refractivity contribution in [2.45, 2.75) is 19.9 Å². The molecule has 0 unspecified atom stereocenters. The summed E-state index contributed by atoms with van der Waals surface area (Å²) in [6.07, 6.45) is 0.147. The van der Waals surface area contributed by atoms with Crippen LogP contribution < -0.4 is 5.32 Å². The van der Waals surface area contributed by atoms with Gasteiger partial charge in [-0.1, -0.05) is 0 Å². The van der Waals surface area contributed by atoms with Gasteiger partial charge in [0, 0.05) is 28.8 Å². The van der Waals surface area contributed by atoms with Crippen molar-refractivity contribution in [2.24, 2.45) is 5.92 Å². The van der Waals surface area contributed by atoms with Crippen LogP contribution in [-0.2, 0) is 11.3 Å². The molecule has 6 heteroatoms. The van der Waals surface area contributed by atoms with Crippen molar-refractivity contribution in [3.63, 3.8) is 0 Å². The summed E-state index contributed by atoms with van der Waals surface area (Å²) in [4.78, 5) is 26.2. The molecule has 2 heterocycles. The molecule has 2 amide bonds. The van der Waals surface area contributed by atoms with Crippen molar-refractivity contribution in [1.29, 1.82) is 0 Å². The van der Waals surface area contributed by atoms with E-state index in [9.17, 15) is 9.59 Å². The summed E-state index contributed by atoms with van der Waals surface area (Å²) in [7, 11) is 0. The molecule has 1 aliphatic heterocycles. The van der Waals surface area contributed by atoms with Gasteiger partial charge >= 0.3 is 12.0 Å². The minimum absolute atomic E-state index is 0.109. The summed E-state index contributed by atoms with van der Waals surface area (Å²) in [5.41, 5.74) is 0. The Bertz CT molecular complexity index is 452. The molecule has 98 valence electrons. The number of nitrogens with zero attached hydrogens (tertiary/aromatic N) is 1. The summed E-state index contributed by atoms with van der Waals surface area (Å²) in [5.74, 6) is -0.689. The molecule has 0 spiro atoms. The molecule has 1 aromatic heterocycles. The van der Waals surface area contributed by atoms with Gasteiger partial charge in [0.05, 0.1) is 13.0 Å². The first-order valence-corrected chi connectivity index (χ1v) is 6.66. The standard InChI is InChI=1S/C12H16N2O3S/c1-8-2-3-10(18-8)5-13-12(17)14-6-9(7-14)4-11(15)16/h2-3,9H,4-7H2,1H3,(H,13,17)(H,15,16). The molecular weight excluding hydrogens is 252 g/mol. The molecule has 2 N–H and O–H groups in total. The van der Waals surface area contributed by atoms with Crippen LogP contribution >= 0.6 is 11.3 Å². The first-order chi connectivity index (χ1) is 8.54. The van der Waals surface area contributed by atoms with Crippen LogP contribution in [0.2, 0.25) is 0 Å². The Morgan fingerprint density at radius 3 is 2.78 bits per heavy atom. The highest BCUT2D eigenvalue weighted by Gasteiger charge is 2.31. The Morgan fingerprint density at radius 2 is 2.22 bits per heavy atom. The number of thiophene rings is 1. The van der Waals surface area contributed by atoms with Gasteiger partial charge in [-0.2, -0.15) is 0 Å². The number of rotatable bonds is 4. The lowest BCUT2D eigenvalue weighted by molar-refractivity contribution is -0.139. The third-order valence-corrected chi connectivity index (χ3v) is 3.92. The zero-order valence-corrected chi connectivity index (χ0v) is 11.0. The number of aryl methyl sites for hydroxylation is 1. The summed E-state index contributed by atoms with van der Waals surface area (Å²) in [6.45, 7) is 3.66. The van der Waals surface area contributed by atoms with Crippen LogP contribution in [0.25, 0.3) is 0 Å². The quantitative estimate of drug-likeness (QED) is 0.872. The lowest BCUT2D eigenvalue weighted by Gasteiger charge is -2.38. The van der Waals surface area contributed by atoms with Crippen molar-refractivity contribution in [2.75, 3.05) is 13.1 Å². The smallest absolute Gasteiger partial charge is 0.317 e. The van der Waals surface area contributed by atoms with Crippen LogP contribution in [0.15, 0.2) is 12.1 Å². The van der Waals surface area contributed by atoms with Gasteiger partial charge in [0.25, 0.3) is 0 Å². The number of hydrogen-bond acceptors (Lipinski definition) is 3. The molecule has 18 heavy (non-hydrogen) atoms. The fourth-order valence-corrected chi connectivity index (χ4v) is 2.80. The third-order valence-electron chi connectivity index (χ3n) is 2.92. The predicted octanol–water partition coefficient (Wildman–Crippen LogP) is 1.67. The maximum absolute atomic E-state index is 11.7. The van der Waals surface area contributed by atoms with Crippen LogP contribution in [0.3, 0.4) is 0 Å². The van der Waals surface area contributed by atoms with Crippen molar-refractivity contribution >= 4 is 23.3 Å². The van der Waals surface area contributed by atoms with Gasteiger partial charge < -0.3 is 15.3 Å². The maximum atomic E-state index is 11.7. The van der Waals surface area contributed by atoms with Gasteiger partial charge in [0.1, 0.15) is 0 Å². The summed E-state index contributed by atoms with van der Waals surface area (Å²) >= 11 is 1.67. The largest absolute Gasteiger partial charge is 0.481 e. The van der Waals surface area contributed by atoms with Crippen LogP contribution in [-0.4, -0.2) is 35.1 Å². The molecule has 0 bridgehead atoms. The van der Waals surface area contributed by atoms with Crippen molar-refractivity contribution < 1.29 is 14.7 Å². The second-order valence-corrected chi connectivity index (χ2v) is 5.91. The molecule has 1 saturated heterocycles. The van der Waals surface area contributed by atoms with Crippen LogP contribution in [0.5, 0.6) is 0 Å². The van der Waals surface area contributed by atoms with E-state index in [1.54, 1.807) is 16.2 Å². The van der Waals surface area contributed by atoms with Gasteiger partial charge in [-0.25, -0.2) is 4.79 Å². The summed E-state index contributed by atoms with van der Waals surface area (Å²) < 4.78 is 0. The van der Waals surface area contributed by atoms with E-state index in [4.69, 9.17) is 5.11 Å². The van der Waals surface area contributed by atoms with E-state index in [1.807, 2.05) is 19.1 Å². The molecule has 1 aromatic rings. The Labute approximate surface area is 109 Å². The second-order valence-electron chi connectivity index (χ2n) is 4.54. The molecule has 0 aromatic carbocycles. The number of aliphatic carboxylic acids is 1. The first-order valence-electron chi connectivity index (χ1n) is 5.84. The fraction of sp³-hybridized carbons (Fsp3) is 0.500. The maximum Gasteiger partial charge on any atom is 0.317 e. The van der Waals surface area contributed by atoms with Gasteiger partial charge in [-0.05, 0) is 19.1 Å². The highest BCUT2D eigenvalue weighted by molar-refractivity contribution is 7.11. The number of amides is 2. The molecule has 0 atom stereocenters. The molecule has 0 saturated carbocycles. The van der Waals surface area contributed by atoms with E-state index in [-0.39, 0.29) is 18.4 Å². The Balaban J connectivity index is 1.69. The lowest BCUT2D eigenvalue weighted by atomic mass is 9.97. The average Bonchev–Trinajstić information content (AvgIpc) is 2.65. The molecule has 5 nitrogen and oxygen atoms in total. The predicted molar refractivity (Wildman–Crippen MR) is 68.6 cm³/mol. The highest BCUT2D eigenvalue weighted by Crippen LogP contribution is 2.19. The fourth-order valence-electron chi connectivity index (χ4n) is 1.97. The summed E-state index contributed by atoms with van der Waals surface area (Å²) in [6, 6.07) is 3.92. The van der Waals surface area contributed by atoms with Crippen molar-refractivity contribution in [1.82, 2.24) is 10.2 Å². The lowest BCUT2D eigenvalue weighted by Crippen LogP contribution is -2.54. The zero-order valence-electron chi connectivity index (χ0n) is 10.2. The Kier molecular flexibility index (Phi) is 3.86. The van der Waals surface area contributed by atoms with Crippen molar-refractivity contribution in [3.8, 4) is 0 Å². The number of nitrogens with one attached hydrogen (secondary N) is 1. The number of carbonyl (C=O) groups excluding carboxylic acids is 1. The highest BCUT2D eigenvalue weighted by atomic mass is 32.1. The molecule has 0 radical (unpaired) electrons. The Morgan fingerprint density at radius 1 is 1.50 bits per heavy atom.